The summed E-state index contributed by atoms with van der Waals surface area (Å²) in [4.78, 5) is 19.6. The van der Waals surface area contributed by atoms with Gasteiger partial charge in [-0.25, -0.2) is 4.98 Å². The molecule has 2 atom stereocenters. The Labute approximate surface area is 154 Å². The van der Waals surface area contributed by atoms with Crippen molar-refractivity contribution in [3.8, 4) is 11.4 Å². The molecule has 0 aromatic heterocycles. The second-order valence-corrected chi connectivity index (χ2v) is 7.68. The van der Waals surface area contributed by atoms with Crippen LogP contribution in [0.1, 0.15) is 38.3 Å². The molecule has 2 saturated heterocycles. The predicted octanol–water partition coefficient (Wildman–Crippen LogP) is 2.09. The third-order valence-electron chi connectivity index (χ3n) is 5.45. The predicted molar refractivity (Wildman–Crippen MR) is 100 cm³/mol. The van der Waals surface area contributed by atoms with E-state index >= 15 is 0 Å². The largest absolute Gasteiger partial charge is 0.372 e. The smallest absolute Gasteiger partial charge is 0.242 e. The molecule has 6 nitrogen and oxygen atoms in total. The summed E-state index contributed by atoms with van der Waals surface area (Å²) >= 11 is 0. The molecule has 6 heteroatoms. The lowest BCUT2D eigenvalue weighted by Gasteiger charge is -2.35. The lowest BCUT2D eigenvalue weighted by Crippen LogP contribution is -2.49. The average molecular weight is 356 g/mol. The van der Waals surface area contributed by atoms with Gasteiger partial charge in [0, 0.05) is 36.5 Å². The van der Waals surface area contributed by atoms with Gasteiger partial charge in [-0.1, -0.05) is 0 Å². The molecule has 26 heavy (non-hydrogen) atoms. The highest BCUT2D eigenvalue weighted by molar-refractivity contribution is 5.77. The number of fused-ring (bicyclic) bond motifs is 1. The molecule has 140 valence electrons. The number of nitrogens with one attached hydrogen (secondary N) is 1. The van der Waals surface area contributed by atoms with E-state index in [1.165, 1.54) is 5.69 Å². The van der Waals surface area contributed by atoms with E-state index in [0.717, 1.165) is 37.3 Å². The van der Waals surface area contributed by atoms with Crippen LogP contribution in [0.4, 0.5) is 0 Å². The summed E-state index contributed by atoms with van der Waals surface area (Å²) in [7, 11) is 0. The summed E-state index contributed by atoms with van der Waals surface area (Å²) in [6.45, 7) is 7.81. The molecule has 0 spiro atoms. The number of carbonyl (C=O) groups is 1. The van der Waals surface area contributed by atoms with E-state index in [0.29, 0.717) is 25.6 Å². The van der Waals surface area contributed by atoms with Crippen molar-refractivity contribution < 1.29 is 9.53 Å². The van der Waals surface area contributed by atoms with Gasteiger partial charge < -0.3 is 19.5 Å². The zero-order valence-electron chi connectivity index (χ0n) is 15.6. The van der Waals surface area contributed by atoms with E-state index in [1.807, 2.05) is 35.6 Å². The van der Waals surface area contributed by atoms with Crippen LogP contribution < -0.4 is 5.32 Å². The first-order chi connectivity index (χ1) is 12.6. The Morgan fingerprint density at radius 3 is 2.73 bits per heavy atom. The van der Waals surface area contributed by atoms with Crippen molar-refractivity contribution in [2.75, 3.05) is 26.2 Å². The van der Waals surface area contributed by atoms with E-state index < -0.39 is 0 Å². The number of carbonyl (C=O) groups excluding carboxylic acids is 1. The van der Waals surface area contributed by atoms with Crippen LogP contribution in [0.25, 0.3) is 11.4 Å². The number of pyridine rings is 1. The van der Waals surface area contributed by atoms with Gasteiger partial charge in [-0.3, -0.25) is 4.79 Å². The number of hydrogen-bond donors (Lipinski definition) is 1. The summed E-state index contributed by atoms with van der Waals surface area (Å²) in [5, 5.41) is 3.41. The maximum absolute atomic E-state index is 12.8. The monoisotopic (exact) mass is 356 g/mol. The highest BCUT2D eigenvalue weighted by Crippen LogP contribution is 2.31. The van der Waals surface area contributed by atoms with Gasteiger partial charge in [-0.15, -0.1) is 0 Å². The quantitative estimate of drug-likeness (QED) is 0.915. The number of rotatable bonds is 3. The minimum absolute atomic E-state index is 0.0899. The fraction of sp³-hybridized carbons (Fsp3) is 0.600. The van der Waals surface area contributed by atoms with E-state index in [1.54, 1.807) is 0 Å². The van der Waals surface area contributed by atoms with Gasteiger partial charge in [0.15, 0.2) is 0 Å². The molecule has 2 unspecified atom stereocenters. The molecule has 4 rings (SSSR count). The average Bonchev–Trinajstić information content (AvgIpc) is 3.07. The van der Waals surface area contributed by atoms with Gasteiger partial charge in [-0.05, 0) is 58.0 Å². The van der Waals surface area contributed by atoms with Gasteiger partial charge in [0.1, 0.15) is 12.4 Å². The van der Waals surface area contributed by atoms with E-state index in [-0.39, 0.29) is 18.1 Å². The summed E-state index contributed by atoms with van der Waals surface area (Å²) in [6, 6.07) is 6.30. The van der Waals surface area contributed by atoms with Gasteiger partial charge in [-0.2, -0.15) is 0 Å². The van der Waals surface area contributed by atoms with Crippen LogP contribution in [0.3, 0.4) is 0 Å². The topological polar surface area (TPSA) is 59.4 Å². The number of ether oxygens (including phenoxy) is 1. The Morgan fingerprint density at radius 2 is 2.00 bits per heavy atom. The highest BCUT2D eigenvalue weighted by Gasteiger charge is 2.27. The van der Waals surface area contributed by atoms with Crippen LogP contribution in [0.2, 0.25) is 0 Å². The second kappa shape index (κ2) is 7.37. The second-order valence-electron chi connectivity index (χ2n) is 7.68. The van der Waals surface area contributed by atoms with E-state index in [2.05, 4.69) is 17.4 Å². The van der Waals surface area contributed by atoms with Crippen LogP contribution in [-0.2, 0) is 16.1 Å². The summed E-state index contributed by atoms with van der Waals surface area (Å²) in [6.07, 6.45) is 4.41. The van der Waals surface area contributed by atoms with Crippen molar-refractivity contribution in [3.63, 3.8) is 0 Å². The van der Waals surface area contributed by atoms with E-state index in [4.69, 9.17) is 9.72 Å². The number of amides is 1. The van der Waals surface area contributed by atoms with Crippen molar-refractivity contribution in [1.82, 2.24) is 19.8 Å². The first kappa shape index (κ1) is 17.5. The number of morpholine rings is 1. The molecule has 0 radical (unpaired) electrons. The molecule has 4 aliphatic heterocycles. The molecule has 4 heterocycles. The molecule has 0 aromatic rings. The standard InChI is InChI=1S/C20H28N4O2/c1-14-11-24(12-15(2)26-14)19(25)13-23-9-3-4-17-10-18(22-20(17)23)16-5-7-21-8-6-16/h3-4,9-10,14-16,21H,5-8,11-13H2,1-2H3. The summed E-state index contributed by atoms with van der Waals surface area (Å²) in [5.41, 5.74) is 2.29. The maximum atomic E-state index is 12.8. The molecular formula is C20H28N4O2. The lowest BCUT2D eigenvalue weighted by molar-refractivity contribution is -0.143. The fourth-order valence-corrected chi connectivity index (χ4v) is 4.20. The van der Waals surface area contributed by atoms with Crippen molar-refractivity contribution >= 4 is 5.91 Å². The Balaban J connectivity index is 1.53. The van der Waals surface area contributed by atoms with Crippen molar-refractivity contribution in [2.24, 2.45) is 0 Å². The van der Waals surface area contributed by atoms with Crippen LogP contribution in [0.5, 0.6) is 0 Å². The van der Waals surface area contributed by atoms with Gasteiger partial charge in [0.2, 0.25) is 5.91 Å². The Bertz CT molecular complexity index is 727. The highest BCUT2D eigenvalue weighted by atomic mass is 16.5. The molecule has 0 aliphatic carbocycles. The van der Waals surface area contributed by atoms with Crippen molar-refractivity contribution in [2.45, 2.75) is 51.4 Å². The molecule has 0 bridgehead atoms. The third-order valence-corrected chi connectivity index (χ3v) is 5.45. The zero-order chi connectivity index (χ0) is 18.1. The number of nitrogens with zero attached hydrogens (tertiary/aromatic N) is 3. The maximum Gasteiger partial charge on any atom is 0.242 e. The van der Waals surface area contributed by atoms with Crippen molar-refractivity contribution in [3.05, 3.63) is 30.1 Å². The summed E-state index contributed by atoms with van der Waals surface area (Å²) in [5.74, 6) is 1.58. The minimum Gasteiger partial charge on any atom is -0.372 e. The molecular weight excluding hydrogens is 328 g/mol. The lowest BCUT2D eigenvalue weighted by atomic mass is 9.95. The van der Waals surface area contributed by atoms with Gasteiger partial charge >= 0.3 is 0 Å². The van der Waals surface area contributed by atoms with Crippen LogP contribution in [0, 0.1) is 0 Å². The number of hydrogen-bond acceptors (Lipinski definition) is 4. The normalized spacial score (nSPS) is 24.9. The zero-order valence-corrected chi connectivity index (χ0v) is 15.6. The first-order valence-corrected chi connectivity index (χ1v) is 9.70. The Hall–Kier alpha value is -1.92. The minimum atomic E-state index is 0.0899. The van der Waals surface area contributed by atoms with Gasteiger partial charge in [0.25, 0.3) is 0 Å². The molecule has 0 saturated carbocycles. The third kappa shape index (κ3) is 3.62. The molecule has 0 aromatic carbocycles. The fourth-order valence-electron chi connectivity index (χ4n) is 4.20. The molecule has 4 aliphatic rings. The van der Waals surface area contributed by atoms with Crippen LogP contribution in [0.15, 0.2) is 24.4 Å². The molecule has 1 amide bonds. The molecule has 1 N–H and O–H groups in total. The number of piperidine rings is 1. The Kier molecular flexibility index (Phi) is 4.96. The van der Waals surface area contributed by atoms with Gasteiger partial charge in [0.05, 0.1) is 12.2 Å². The number of aromatic nitrogens is 2. The first-order valence-electron chi connectivity index (χ1n) is 9.70. The Morgan fingerprint density at radius 1 is 1.27 bits per heavy atom. The SMILES string of the molecule is CC1CN(C(=O)Cn2cccc3cc(C4CCNCC4)nc2-3)CC(C)O1. The van der Waals surface area contributed by atoms with Crippen LogP contribution in [-0.4, -0.2) is 58.7 Å². The van der Waals surface area contributed by atoms with Crippen molar-refractivity contribution in [1.29, 1.82) is 0 Å². The van der Waals surface area contributed by atoms with Crippen LogP contribution >= 0.6 is 0 Å². The summed E-state index contributed by atoms with van der Waals surface area (Å²) < 4.78 is 7.73. The molecule has 2 fully saturated rings. The van der Waals surface area contributed by atoms with E-state index in [9.17, 15) is 4.79 Å².